The minimum absolute atomic E-state index is 0.170. The molecule has 0 unspecified atom stereocenters. The van der Waals surface area contributed by atoms with Crippen LogP contribution < -0.4 is 4.74 Å². The second-order valence-corrected chi connectivity index (χ2v) is 2.18. The van der Waals surface area contributed by atoms with Crippen molar-refractivity contribution in [2.45, 2.75) is 0 Å². The zero-order valence-electron chi connectivity index (χ0n) is 5.61. The first-order valence-electron chi connectivity index (χ1n) is 2.98. The lowest BCUT2D eigenvalue weighted by atomic mass is 10.3. The van der Waals surface area contributed by atoms with Crippen LogP contribution >= 0.6 is 12.2 Å². The van der Waals surface area contributed by atoms with Crippen LogP contribution in [0.5, 0.6) is 5.75 Å². The van der Waals surface area contributed by atoms with E-state index in [0.29, 0.717) is 5.75 Å². The van der Waals surface area contributed by atoms with Crippen LogP contribution in [-0.4, -0.2) is 11.3 Å². The molecule has 1 aromatic rings. The Hall–Kier alpha value is -1.22. The van der Waals surface area contributed by atoms with E-state index in [0.717, 1.165) is 0 Å². The summed E-state index contributed by atoms with van der Waals surface area (Å²) in [6.45, 7) is 0. The maximum absolute atomic E-state index is 9.92. The Morgan fingerprint density at radius 1 is 1.36 bits per heavy atom. The fourth-order valence-corrected chi connectivity index (χ4v) is 0.713. The smallest absolute Gasteiger partial charge is 0.284 e. The SMILES string of the molecule is O=[C]C(=S)Oc1ccccc1. The molecule has 0 heterocycles. The first-order chi connectivity index (χ1) is 5.33. The van der Waals surface area contributed by atoms with Gasteiger partial charge in [0.2, 0.25) is 5.05 Å². The molecule has 0 amide bonds. The van der Waals surface area contributed by atoms with Gasteiger partial charge in [-0.25, -0.2) is 0 Å². The van der Waals surface area contributed by atoms with Crippen LogP contribution in [0, 0.1) is 0 Å². The van der Waals surface area contributed by atoms with Crippen LogP contribution in [-0.2, 0) is 4.79 Å². The molecule has 0 aromatic heterocycles. The normalized spacial score (nSPS) is 8.73. The summed E-state index contributed by atoms with van der Waals surface area (Å²) in [5.74, 6) is 0.556. The molecule has 0 bridgehead atoms. The molecular formula is C8H5O2S. The maximum atomic E-state index is 9.92. The van der Waals surface area contributed by atoms with E-state index in [1.165, 1.54) is 6.29 Å². The minimum atomic E-state index is -0.170. The largest absolute Gasteiger partial charge is 0.442 e. The van der Waals surface area contributed by atoms with Crippen LogP contribution in [0.25, 0.3) is 0 Å². The van der Waals surface area contributed by atoms with Gasteiger partial charge in [-0.15, -0.1) is 0 Å². The fraction of sp³-hybridized carbons (Fsp3) is 0. The van der Waals surface area contributed by atoms with E-state index >= 15 is 0 Å². The number of hydrogen-bond acceptors (Lipinski definition) is 3. The number of carbonyl (C=O) groups excluding carboxylic acids is 1. The average Bonchev–Trinajstić information content (AvgIpc) is 2.06. The Morgan fingerprint density at radius 3 is 2.55 bits per heavy atom. The second-order valence-electron chi connectivity index (χ2n) is 1.80. The van der Waals surface area contributed by atoms with E-state index in [2.05, 4.69) is 12.2 Å². The van der Waals surface area contributed by atoms with Gasteiger partial charge in [-0.05, 0) is 24.4 Å². The maximum Gasteiger partial charge on any atom is 0.284 e. The molecule has 1 rings (SSSR count). The van der Waals surface area contributed by atoms with Crippen molar-refractivity contribution in [3.63, 3.8) is 0 Å². The van der Waals surface area contributed by atoms with Crippen molar-refractivity contribution in [1.82, 2.24) is 0 Å². The van der Waals surface area contributed by atoms with Crippen molar-refractivity contribution in [3.05, 3.63) is 30.3 Å². The van der Waals surface area contributed by atoms with Crippen molar-refractivity contribution in [2.24, 2.45) is 0 Å². The molecule has 0 N–H and O–H groups in total. The van der Waals surface area contributed by atoms with Gasteiger partial charge in [0.1, 0.15) is 5.75 Å². The predicted molar refractivity (Wildman–Crippen MR) is 45.4 cm³/mol. The van der Waals surface area contributed by atoms with Gasteiger partial charge in [-0.1, -0.05) is 18.2 Å². The highest BCUT2D eigenvalue weighted by Gasteiger charge is 1.96. The number of rotatable bonds is 2. The Kier molecular flexibility index (Phi) is 2.74. The van der Waals surface area contributed by atoms with E-state index < -0.39 is 0 Å². The van der Waals surface area contributed by atoms with Crippen LogP contribution in [0.3, 0.4) is 0 Å². The summed E-state index contributed by atoms with van der Waals surface area (Å²) in [5, 5.41) is -0.170. The molecule has 2 nitrogen and oxygen atoms in total. The average molecular weight is 165 g/mol. The third-order valence-electron chi connectivity index (χ3n) is 1.04. The van der Waals surface area contributed by atoms with Crippen LogP contribution in [0.4, 0.5) is 0 Å². The Labute approximate surface area is 69.8 Å². The number of ether oxygens (including phenoxy) is 1. The number of hydrogen-bond donors (Lipinski definition) is 0. The standard InChI is InChI=1S/C8H5O2S/c9-6-8(11)10-7-4-2-1-3-5-7/h1-5H. The predicted octanol–water partition coefficient (Wildman–Crippen LogP) is 1.50. The third kappa shape index (κ3) is 2.47. The van der Waals surface area contributed by atoms with Crippen LogP contribution in [0.2, 0.25) is 0 Å². The summed E-state index contributed by atoms with van der Waals surface area (Å²) in [6, 6.07) is 8.86. The number of benzene rings is 1. The lowest BCUT2D eigenvalue weighted by molar-refractivity contribution is 0.537. The molecule has 1 aromatic carbocycles. The summed E-state index contributed by atoms with van der Waals surface area (Å²) >= 11 is 4.49. The molecule has 0 spiro atoms. The topological polar surface area (TPSA) is 26.3 Å². The summed E-state index contributed by atoms with van der Waals surface area (Å²) in [4.78, 5) is 9.92. The molecule has 0 fully saturated rings. The van der Waals surface area contributed by atoms with E-state index in [4.69, 9.17) is 4.74 Å². The van der Waals surface area contributed by atoms with E-state index in [1.807, 2.05) is 6.07 Å². The van der Waals surface area contributed by atoms with Gasteiger partial charge in [-0.3, -0.25) is 4.79 Å². The van der Waals surface area contributed by atoms with Gasteiger partial charge < -0.3 is 4.74 Å². The Bertz CT molecular complexity index is 256. The molecule has 55 valence electrons. The molecule has 0 aliphatic heterocycles. The van der Waals surface area contributed by atoms with E-state index in [1.54, 1.807) is 24.3 Å². The highest BCUT2D eigenvalue weighted by atomic mass is 32.1. The van der Waals surface area contributed by atoms with Crippen molar-refractivity contribution in [2.75, 3.05) is 0 Å². The summed E-state index contributed by atoms with van der Waals surface area (Å²) in [7, 11) is 0. The summed E-state index contributed by atoms with van der Waals surface area (Å²) < 4.78 is 4.87. The second kappa shape index (κ2) is 3.83. The molecule has 0 saturated heterocycles. The monoisotopic (exact) mass is 165 g/mol. The van der Waals surface area contributed by atoms with Crippen molar-refractivity contribution >= 4 is 23.6 Å². The van der Waals surface area contributed by atoms with Crippen LogP contribution in [0.1, 0.15) is 0 Å². The highest BCUT2D eigenvalue weighted by Crippen LogP contribution is 2.07. The summed E-state index contributed by atoms with van der Waals surface area (Å²) in [6.07, 6.45) is 1.47. The Morgan fingerprint density at radius 2 is 2.00 bits per heavy atom. The third-order valence-corrected chi connectivity index (χ3v) is 1.20. The molecule has 0 saturated carbocycles. The van der Waals surface area contributed by atoms with E-state index in [-0.39, 0.29) is 5.05 Å². The first kappa shape index (κ1) is 7.88. The van der Waals surface area contributed by atoms with Crippen LogP contribution in [0.15, 0.2) is 30.3 Å². The summed E-state index contributed by atoms with van der Waals surface area (Å²) in [5.41, 5.74) is 0. The molecule has 11 heavy (non-hydrogen) atoms. The zero-order valence-corrected chi connectivity index (χ0v) is 6.43. The van der Waals surface area contributed by atoms with Gasteiger partial charge >= 0.3 is 0 Å². The quantitative estimate of drug-likeness (QED) is 0.621. The van der Waals surface area contributed by atoms with Gasteiger partial charge in [-0.2, -0.15) is 0 Å². The van der Waals surface area contributed by atoms with Crippen molar-refractivity contribution in [3.8, 4) is 5.75 Å². The molecule has 0 atom stereocenters. The number of para-hydroxylation sites is 1. The zero-order chi connectivity index (χ0) is 8.10. The Balaban J connectivity index is 2.65. The molecular weight excluding hydrogens is 160 g/mol. The van der Waals surface area contributed by atoms with Crippen molar-refractivity contribution in [1.29, 1.82) is 0 Å². The highest BCUT2D eigenvalue weighted by molar-refractivity contribution is 7.81. The van der Waals surface area contributed by atoms with E-state index in [9.17, 15) is 4.79 Å². The lowest BCUT2D eigenvalue weighted by Crippen LogP contribution is -2.05. The number of thiocarbonyl (C=S) groups is 1. The molecule has 3 heteroatoms. The van der Waals surface area contributed by atoms with Gasteiger partial charge in [0.05, 0.1) is 0 Å². The molecule has 0 aliphatic carbocycles. The molecule has 0 aliphatic rings. The molecule has 1 radical (unpaired) electrons. The van der Waals surface area contributed by atoms with Gasteiger partial charge in [0, 0.05) is 0 Å². The minimum Gasteiger partial charge on any atom is -0.442 e. The fourth-order valence-electron chi connectivity index (χ4n) is 0.616. The lowest BCUT2D eigenvalue weighted by Gasteiger charge is -1.98. The van der Waals surface area contributed by atoms with Crippen molar-refractivity contribution < 1.29 is 9.53 Å². The van der Waals surface area contributed by atoms with Gasteiger partial charge in [0.25, 0.3) is 6.29 Å². The van der Waals surface area contributed by atoms with Gasteiger partial charge in [0.15, 0.2) is 0 Å². The first-order valence-corrected chi connectivity index (χ1v) is 3.39.